The van der Waals surface area contributed by atoms with Crippen LogP contribution in [-0.4, -0.2) is 17.5 Å². The summed E-state index contributed by atoms with van der Waals surface area (Å²) in [4.78, 5) is 10.9. The van der Waals surface area contributed by atoms with Crippen molar-refractivity contribution in [3.63, 3.8) is 0 Å². The highest BCUT2D eigenvalue weighted by atomic mass is 35.5. The molecule has 2 atom stereocenters. The highest BCUT2D eigenvalue weighted by molar-refractivity contribution is 6.33. The van der Waals surface area contributed by atoms with Crippen molar-refractivity contribution < 1.29 is 19.0 Å². The smallest absolute Gasteiger partial charge is 0.450 e. The first kappa shape index (κ1) is 15.6. The summed E-state index contributed by atoms with van der Waals surface area (Å²) in [5.41, 5.74) is 3.25. The van der Waals surface area contributed by atoms with E-state index >= 15 is 0 Å². The minimum Gasteiger partial charge on any atom is -0.450 e. The second kappa shape index (κ2) is 6.08. The first-order valence-corrected chi connectivity index (χ1v) is 7.53. The van der Waals surface area contributed by atoms with Crippen LogP contribution in [0.1, 0.15) is 29.0 Å². The third-order valence-corrected chi connectivity index (χ3v) is 4.20. The van der Waals surface area contributed by atoms with Crippen molar-refractivity contribution in [1.29, 1.82) is 0 Å². The number of hydrogen-bond donors (Lipinski definition) is 2. The number of aryl methyl sites for hydroxylation is 1. The summed E-state index contributed by atoms with van der Waals surface area (Å²) in [6.45, 7) is 1.97. The van der Waals surface area contributed by atoms with E-state index in [4.69, 9.17) is 21.4 Å². The van der Waals surface area contributed by atoms with Crippen LogP contribution >= 0.6 is 11.6 Å². The summed E-state index contributed by atoms with van der Waals surface area (Å²) in [6, 6.07) is 10.4. The Kier molecular flexibility index (Phi) is 4.13. The number of halogens is 2. The zero-order valence-corrected chi connectivity index (χ0v) is 13.1. The molecule has 1 aliphatic rings. The zero-order chi connectivity index (χ0) is 16.6. The van der Waals surface area contributed by atoms with E-state index in [1.807, 2.05) is 31.2 Å². The average molecular weight is 336 g/mol. The minimum atomic E-state index is -1.37. The summed E-state index contributed by atoms with van der Waals surface area (Å²) in [5, 5.41) is 12.0. The van der Waals surface area contributed by atoms with E-state index in [0.29, 0.717) is 17.7 Å². The van der Waals surface area contributed by atoms with Crippen molar-refractivity contribution in [3.05, 3.63) is 63.9 Å². The van der Waals surface area contributed by atoms with E-state index in [9.17, 15) is 9.18 Å². The first-order chi connectivity index (χ1) is 10.9. The second-order valence-electron chi connectivity index (χ2n) is 5.57. The molecule has 4 nitrogen and oxygen atoms in total. The predicted molar refractivity (Wildman–Crippen MR) is 85.6 cm³/mol. The lowest BCUT2D eigenvalue weighted by atomic mass is 9.84. The Morgan fingerprint density at radius 3 is 2.87 bits per heavy atom. The maximum atomic E-state index is 13.8. The Morgan fingerprint density at radius 1 is 1.39 bits per heavy atom. The van der Waals surface area contributed by atoms with E-state index < -0.39 is 18.2 Å². The molecule has 2 unspecified atom stereocenters. The monoisotopic (exact) mass is 335 g/mol. The van der Waals surface area contributed by atoms with Crippen molar-refractivity contribution >= 4 is 23.4 Å². The summed E-state index contributed by atoms with van der Waals surface area (Å²) in [7, 11) is 0. The molecule has 6 heteroatoms. The Hall–Kier alpha value is -2.27. The predicted octanol–water partition coefficient (Wildman–Crippen LogP) is 4.76. The van der Waals surface area contributed by atoms with Gasteiger partial charge in [0.25, 0.3) is 0 Å². The quantitative estimate of drug-likeness (QED) is 0.777. The summed E-state index contributed by atoms with van der Waals surface area (Å²) < 4.78 is 18.7. The maximum Gasteiger partial charge on any atom is 0.507 e. The molecule has 0 aromatic heterocycles. The number of ether oxygens (including phenoxy) is 1. The van der Waals surface area contributed by atoms with E-state index in [0.717, 1.165) is 11.1 Å². The molecule has 0 saturated heterocycles. The van der Waals surface area contributed by atoms with Crippen LogP contribution in [0.4, 0.5) is 14.9 Å². The molecule has 1 heterocycles. The number of nitrogens with one attached hydrogen (secondary N) is 1. The van der Waals surface area contributed by atoms with Crippen LogP contribution in [0.5, 0.6) is 0 Å². The fraction of sp³-hybridized carbons (Fsp3) is 0.235. The SMILES string of the molecule is Cc1cccc(C2CC(OC(=O)O)Nc3c(Cl)cc(F)cc32)c1. The van der Waals surface area contributed by atoms with Gasteiger partial charge in [-0.05, 0) is 30.2 Å². The summed E-state index contributed by atoms with van der Waals surface area (Å²) in [6.07, 6.45) is -1.75. The molecule has 2 aromatic rings. The van der Waals surface area contributed by atoms with Gasteiger partial charge in [0.15, 0.2) is 6.23 Å². The Labute approximate surface area is 137 Å². The molecular weight excluding hydrogens is 321 g/mol. The molecule has 0 bridgehead atoms. The third-order valence-electron chi connectivity index (χ3n) is 3.90. The van der Waals surface area contributed by atoms with Crippen LogP contribution in [0.2, 0.25) is 5.02 Å². The van der Waals surface area contributed by atoms with Gasteiger partial charge in [-0.1, -0.05) is 41.4 Å². The molecule has 3 rings (SSSR count). The summed E-state index contributed by atoms with van der Waals surface area (Å²) in [5.74, 6) is -0.630. The highest BCUT2D eigenvalue weighted by Crippen LogP contribution is 2.43. The lowest BCUT2D eigenvalue weighted by Crippen LogP contribution is -2.33. The number of anilines is 1. The molecule has 0 radical (unpaired) electrons. The largest absolute Gasteiger partial charge is 0.507 e. The number of carboxylic acid groups (broad SMARTS) is 1. The summed E-state index contributed by atoms with van der Waals surface area (Å²) >= 11 is 6.13. The van der Waals surface area contributed by atoms with Gasteiger partial charge in [0.2, 0.25) is 0 Å². The number of fused-ring (bicyclic) bond motifs is 1. The van der Waals surface area contributed by atoms with Crippen LogP contribution in [0.15, 0.2) is 36.4 Å². The van der Waals surface area contributed by atoms with Gasteiger partial charge in [0.1, 0.15) is 5.82 Å². The van der Waals surface area contributed by atoms with Gasteiger partial charge < -0.3 is 15.2 Å². The fourth-order valence-corrected chi connectivity index (χ4v) is 3.25. The van der Waals surface area contributed by atoms with E-state index in [-0.39, 0.29) is 10.9 Å². The average Bonchev–Trinajstić information content (AvgIpc) is 2.46. The zero-order valence-electron chi connectivity index (χ0n) is 12.3. The lowest BCUT2D eigenvalue weighted by molar-refractivity contribution is 0.0561. The van der Waals surface area contributed by atoms with Gasteiger partial charge in [-0.25, -0.2) is 9.18 Å². The number of hydrogen-bond acceptors (Lipinski definition) is 3. The number of carbonyl (C=O) groups is 1. The topological polar surface area (TPSA) is 58.6 Å². The molecule has 0 fully saturated rings. The van der Waals surface area contributed by atoms with Gasteiger partial charge in [0.05, 0.1) is 10.7 Å². The first-order valence-electron chi connectivity index (χ1n) is 7.15. The maximum absolute atomic E-state index is 13.8. The van der Waals surface area contributed by atoms with Gasteiger partial charge in [0, 0.05) is 12.3 Å². The van der Waals surface area contributed by atoms with E-state index in [2.05, 4.69) is 5.32 Å². The van der Waals surface area contributed by atoms with Crippen molar-refractivity contribution in [2.75, 3.05) is 5.32 Å². The number of benzene rings is 2. The molecule has 0 aliphatic carbocycles. The van der Waals surface area contributed by atoms with Crippen LogP contribution in [0.25, 0.3) is 0 Å². The molecule has 0 amide bonds. The van der Waals surface area contributed by atoms with E-state index in [1.54, 1.807) is 0 Å². The normalized spacial score (nSPS) is 19.6. The number of rotatable bonds is 2. The lowest BCUT2D eigenvalue weighted by Gasteiger charge is -2.33. The fourth-order valence-electron chi connectivity index (χ4n) is 2.98. The van der Waals surface area contributed by atoms with Gasteiger partial charge >= 0.3 is 6.16 Å². The van der Waals surface area contributed by atoms with Crippen LogP contribution in [-0.2, 0) is 4.74 Å². The van der Waals surface area contributed by atoms with Crippen molar-refractivity contribution in [3.8, 4) is 0 Å². The van der Waals surface area contributed by atoms with Gasteiger partial charge in [-0.3, -0.25) is 0 Å². The molecule has 0 saturated carbocycles. The second-order valence-corrected chi connectivity index (χ2v) is 5.98. The van der Waals surface area contributed by atoms with Crippen molar-refractivity contribution in [2.45, 2.75) is 25.5 Å². The standard InChI is InChI=1S/C17H15ClFNO3/c1-9-3-2-4-10(5-9)12-8-15(23-17(21)22)20-16-13(12)6-11(19)7-14(16)18/h2-7,12,15,20H,8H2,1H3,(H,21,22). The molecule has 2 N–H and O–H groups in total. The Balaban J connectivity index is 2.09. The molecule has 0 spiro atoms. The molecule has 23 heavy (non-hydrogen) atoms. The molecule has 2 aromatic carbocycles. The third kappa shape index (κ3) is 3.24. The molecule has 120 valence electrons. The van der Waals surface area contributed by atoms with Crippen LogP contribution in [0, 0.1) is 12.7 Å². The van der Waals surface area contributed by atoms with Gasteiger partial charge in [-0.2, -0.15) is 0 Å². The van der Waals surface area contributed by atoms with Crippen LogP contribution in [0.3, 0.4) is 0 Å². The molecule has 1 aliphatic heterocycles. The minimum absolute atomic E-state index is 0.205. The van der Waals surface area contributed by atoms with Crippen LogP contribution < -0.4 is 5.32 Å². The van der Waals surface area contributed by atoms with E-state index in [1.165, 1.54) is 12.1 Å². The Bertz CT molecular complexity index is 765. The highest BCUT2D eigenvalue weighted by Gasteiger charge is 2.31. The molecular formula is C17H15ClFNO3. The Morgan fingerprint density at radius 2 is 2.17 bits per heavy atom. The van der Waals surface area contributed by atoms with Crippen molar-refractivity contribution in [2.24, 2.45) is 0 Å². The van der Waals surface area contributed by atoms with Crippen molar-refractivity contribution in [1.82, 2.24) is 0 Å². The van der Waals surface area contributed by atoms with Gasteiger partial charge in [-0.15, -0.1) is 0 Å².